The van der Waals surface area contributed by atoms with E-state index in [0.29, 0.717) is 5.56 Å². The Balaban J connectivity index is 2.30. The number of nitrogens with zero attached hydrogens (tertiary/aromatic N) is 1. The molecule has 0 amide bonds. The van der Waals surface area contributed by atoms with E-state index in [9.17, 15) is 22.4 Å². The van der Waals surface area contributed by atoms with Crippen LogP contribution in [0.1, 0.15) is 11.3 Å². The summed E-state index contributed by atoms with van der Waals surface area (Å²) in [6.07, 6.45) is -3.77. The molecule has 0 saturated heterocycles. The smallest absolute Gasteiger partial charge is 0.416 e. The van der Waals surface area contributed by atoms with Crippen LogP contribution in [-0.2, 0) is 17.4 Å². The highest BCUT2D eigenvalue weighted by Crippen LogP contribution is 2.31. The van der Waals surface area contributed by atoms with Gasteiger partial charge in [0.25, 0.3) is 0 Å². The zero-order valence-corrected chi connectivity index (χ0v) is 10.5. The predicted octanol–water partition coefficient (Wildman–Crippen LogP) is 3.53. The Hall–Kier alpha value is -2.44. The van der Waals surface area contributed by atoms with Crippen LogP contribution >= 0.6 is 0 Å². The number of carboxylic acids is 1. The lowest BCUT2D eigenvalue weighted by Crippen LogP contribution is -2.05. The maximum Gasteiger partial charge on any atom is 0.416 e. The van der Waals surface area contributed by atoms with E-state index in [2.05, 4.69) is 4.98 Å². The minimum atomic E-state index is -4.44. The first-order valence-corrected chi connectivity index (χ1v) is 5.81. The van der Waals surface area contributed by atoms with Gasteiger partial charge in [-0.25, -0.2) is 4.39 Å². The SMILES string of the molecule is O=C(O)Cc1ncc(-c2ccc(C(F)(F)F)cc2)cc1F. The van der Waals surface area contributed by atoms with Crippen LogP contribution in [-0.4, -0.2) is 16.1 Å². The minimum absolute atomic E-state index is 0.224. The van der Waals surface area contributed by atoms with Gasteiger partial charge in [-0.2, -0.15) is 13.2 Å². The molecule has 0 bridgehead atoms. The standard InChI is InChI=1S/C14H9F4NO2/c15-11-5-9(7-19-12(11)6-13(20)21)8-1-3-10(4-2-8)14(16,17)18/h1-5,7H,6H2,(H,20,21). The Morgan fingerprint density at radius 1 is 1.14 bits per heavy atom. The van der Waals surface area contributed by atoms with E-state index in [4.69, 9.17) is 5.11 Å². The molecule has 1 N–H and O–H groups in total. The number of aliphatic carboxylic acids is 1. The first-order chi connectivity index (χ1) is 9.77. The monoisotopic (exact) mass is 299 g/mol. The average Bonchev–Trinajstić information content (AvgIpc) is 2.40. The number of aromatic nitrogens is 1. The molecule has 110 valence electrons. The maximum absolute atomic E-state index is 13.7. The number of hydrogen-bond acceptors (Lipinski definition) is 2. The molecule has 0 radical (unpaired) electrons. The van der Waals surface area contributed by atoms with Gasteiger partial charge in [-0.15, -0.1) is 0 Å². The minimum Gasteiger partial charge on any atom is -0.481 e. The van der Waals surface area contributed by atoms with Crippen molar-refractivity contribution in [1.29, 1.82) is 0 Å². The number of alkyl halides is 3. The van der Waals surface area contributed by atoms with Crippen molar-refractivity contribution in [2.45, 2.75) is 12.6 Å². The highest BCUT2D eigenvalue weighted by molar-refractivity contribution is 5.70. The highest BCUT2D eigenvalue weighted by atomic mass is 19.4. The number of rotatable bonds is 3. The van der Waals surface area contributed by atoms with Crippen LogP contribution in [0.3, 0.4) is 0 Å². The van der Waals surface area contributed by atoms with Crippen LogP contribution in [0.4, 0.5) is 17.6 Å². The first kappa shape index (κ1) is 15.0. The summed E-state index contributed by atoms with van der Waals surface area (Å²) in [6.45, 7) is 0. The van der Waals surface area contributed by atoms with Crippen molar-refractivity contribution in [1.82, 2.24) is 4.98 Å². The molecule has 0 atom stereocenters. The number of pyridine rings is 1. The molecule has 0 aliphatic rings. The molecule has 0 aliphatic heterocycles. The molecule has 0 spiro atoms. The third-order valence-electron chi connectivity index (χ3n) is 2.78. The Morgan fingerprint density at radius 3 is 2.24 bits per heavy atom. The zero-order valence-electron chi connectivity index (χ0n) is 10.5. The molecule has 0 unspecified atom stereocenters. The van der Waals surface area contributed by atoms with Gasteiger partial charge >= 0.3 is 12.1 Å². The van der Waals surface area contributed by atoms with Gasteiger partial charge in [0.05, 0.1) is 17.7 Å². The lowest BCUT2D eigenvalue weighted by Gasteiger charge is -2.08. The lowest BCUT2D eigenvalue weighted by atomic mass is 10.0. The molecular formula is C14H9F4NO2. The van der Waals surface area contributed by atoms with Gasteiger partial charge in [0.1, 0.15) is 5.82 Å². The van der Waals surface area contributed by atoms with Crippen LogP contribution in [0.2, 0.25) is 0 Å². The molecular weight excluding hydrogens is 290 g/mol. The number of carboxylic acid groups (broad SMARTS) is 1. The quantitative estimate of drug-likeness (QED) is 0.882. The van der Waals surface area contributed by atoms with Crippen molar-refractivity contribution in [3.63, 3.8) is 0 Å². The summed E-state index contributed by atoms with van der Waals surface area (Å²) in [5, 5.41) is 8.57. The Kier molecular flexibility index (Phi) is 3.93. The predicted molar refractivity (Wildman–Crippen MR) is 66.0 cm³/mol. The summed E-state index contributed by atoms with van der Waals surface area (Å²) in [5.41, 5.74) is -0.396. The second-order valence-corrected chi connectivity index (χ2v) is 4.30. The van der Waals surface area contributed by atoms with E-state index in [0.717, 1.165) is 18.2 Å². The van der Waals surface area contributed by atoms with E-state index in [1.807, 2.05) is 0 Å². The van der Waals surface area contributed by atoms with Crippen molar-refractivity contribution >= 4 is 5.97 Å². The molecule has 2 aromatic rings. The summed E-state index contributed by atoms with van der Waals surface area (Å²) in [6, 6.07) is 5.23. The van der Waals surface area contributed by atoms with Crippen LogP contribution in [0, 0.1) is 5.82 Å². The first-order valence-electron chi connectivity index (χ1n) is 5.81. The highest BCUT2D eigenvalue weighted by Gasteiger charge is 2.30. The molecule has 0 saturated carbocycles. The largest absolute Gasteiger partial charge is 0.481 e. The van der Waals surface area contributed by atoms with Crippen LogP contribution in [0.5, 0.6) is 0 Å². The lowest BCUT2D eigenvalue weighted by molar-refractivity contribution is -0.138. The van der Waals surface area contributed by atoms with Gasteiger partial charge in [-0.05, 0) is 23.8 Å². The van der Waals surface area contributed by atoms with Gasteiger partial charge in [-0.3, -0.25) is 9.78 Å². The molecule has 1 aromatic heterocycles. The summed E-state index contributed by atoms with van der Waals surface area (Å²) >= 11 is 0. The van der Waals surface area contributed by atoms with E-state index < -0.39 is 29.9 Å². The molecule has 1 aromatic carbocycles. The Labute approximate surface area is 116 Å². The van der Waals surface area contributed by atoms with Crippen LogP contribution in [0.25, 0.3) is 11.1 Å². The van der Waals surface area contributed by atoms with E-state index in [1.165, 1.54) is 18.3 Å². The molecule has 3 nitrogen and oxygen atoms in total. The topological polar surface area (TPSA) is 50.2 Å². The fourth-order valence-corrected chi connectivity index (χ4v) is 1.75. The van der Waals surface area contributed by atoms with Crippen molar-refractivity contribution in [3.8, 4) is 11.1 Å². The van der Waals surface area contributed by atoms with Gasteiger partial charge < -0.3 is 5.11 Å². The van der Waals surface area contributed by atoms with Gasteiger partial charge in [0.2, 0.25) is 0 Å². The Morgan fingerprint density at radius 2 is 1.76 bits per heavy atom. The molecule has 21 heavy (non-hydrogen) atoms. The average molecular weight is 299 g/mol. The van der Waals surface area contributed by atoms with E-state index in [-0.39, 0.29) is 11.3 Å². The fraction of sp³-hybridized carbons (Fsp3) is 0.143. The van der Waals surface area contributed by atoms with Crippen molar-refractivity contribution in [2.24, 2.45) is 0 Å². The van der Waals surface area contributed by atoms with E-state index in [1.54, 1.807) is 0 Å². The number of carbonyl (C=O) groups is 1. The van der Waals surface area contributed by atoms with E-state index >= 15 is 0 Å². The molecule has 2 rings (SSSR count). The van der Waals surface area contributed by atoms with Crippen LogP contribution < -0.4 is 0 Å². The van der Waals surface area contributed by atoms with Crippen molar-refractivity contribution in [2.75, 3.05) is 0 Å². The van der Waals surface area contributed by atoms with Gasteiger partial charge in [0.15, 0.2) is 0 Å². The number of hydrogen-bond donors (Lipinski definition) is 1. The second-order valence-electron chi connectivity index (χ2n) is 4.30. The van der Waals surface area contributed by atoms with Crippen LogP contribution in [0.15, 0.2) is 36.5 Å². The zero-order chi connectivity index (χ0) is 15.6. The van der Waals surface area contributed by atoms with Crippen molar-refractivity contribution < 1.29 is 27.5 Å². The van der Waals surface area contributed by atoms with Crippen molar-refractivity contribution in [3.05, 3.63) is 53.6 Å². The molecule has 7 heteroatoms. The maximum atomic E-state index is 13.7. The summed E-state index contributed by atoms with van der Waals surface area (Å²) < 4.78 is 51.0. The fourth-order valence-electron chi connectivity index (χ4n) is 1.75. The normalized spacial score (nSPS) is 11.4. The number of halogens is 4. The summed E-state index contributed by atoms with van der Waals surface area (Å²) in [4.78, 5) is 14.2. The summed E-state index contributed by atoms with van der Waals surface area (Å²) in [7, 11) is 0. The molecule has 0 aliphatic carbocycles. The Bertz CT molecular complexity index is 666. The van der Waals surface area contributed by atoms with Gasteiger partial charge in [0, 0.05) is 11.8 Å². The third kappa shape index (κ3) is 3.56. The van der Waals surface area contributed by atoms with Gasteiger partial charge in [-0.1, -0.05) is 12.1 Å². The molecule has 0 fully saturated rings. The summed E-state index contributed by atoms with van der Waals surface area (Å²) in [5.74, 6) is -2.03. The number of benzene rings is 1. The third-order valence-corrected chi connectivity index (χ3v) is 2.78. The molecule has 1 heterocycles. The second kappa shape index (κ2) is 5.51.